The number of aryl methyl sites for hydroxylation is 1. The van der Waals surface area contributed by atoms with Crippen LogP contribution in [0.2, 0.25) is 0 Å². The highest BCUT2D eigenvalue weighted by Gasteiger charge is 2.12. The molecule has 0 bridgehead atoms. The van der Waals surface area contributed by atoms with Crippen molar-refractivity contribution in [1.29, 1.82) is 0 Å². The van der Waals surface area contributed by atoms with Crippen molar-refractivity contribution in [3.8, 4) is 0 Å². The van der Waals surface area contributed by atoms with Crippen molar-refractivity contribution in [2.24, 2.45) is 17.6 Å². The Morgan fingerprint density at radius 3 is 2.47 bits per heavy atom. The van der Waals surface area contributed by atoms with Gasteiger partial charge in [0.15, 0.2) is 0 Å². The average Bonchev–Trinajstić information content (AvgIpc) is 2.20. The molecule has 0 radical (unpaired) electrons. The zero-order chi connectivity index (χ0) is 11.4. The van der Waals surface area contributed by atoms with Crippen LogP contribution in [0.15, 0.2) is 18.2 Å². The lowest BCUT2D eigenvalue weighted by Gasteiger charge is -2.19. The first-order valence-corrected chi connectivity index (χ1v) is 5.49. The summed E-state index contributed by atoms with van der Waals surface area (Å²) in [7, 11) is 0. The van der Waals surface area contributed by atoms with Gasteiger partial charge in [-0.25, -0.2) is 4.39 Å². The van der Waals surface area contributed by atoms with Crippen molar-refractivity contribution >= 4 is 0 Å². The van der Waals surface area contributed by atoms with E-state index in [9.17, 15) is 4.39 Å². The molecule has 1 aromatic carbocycles. The number of halogens is 1. The highest BCUT2D eigenvalue weighted by molar-refractivity contribution is 5.26. The Bertz CT molecular complexity index is 322. The van der Waals surface area contributed by atoms with E-state index in [2.05, 4.69) is 13.8 Å². The van der Waals surface area contributed by atoms with Gasteiger partial charge in [0.05, 0.1) is 0 Å². The van der Waals surface area contributed by atoms with Crippen LogP contribution in [0.1, 0.15) is 25.0 Å². The van der Waals surface area contributed by atoms with E-state index in [4.69, 9.17) is 5.73 Å². The van der Waals surface area contributed by atoms with Gasteiger partial charge in [-0.3, -0.25) is 0 Å². The van der Waals surface area contributed by atoms with Crippen molar-refractivity contribution in [2.75, 3.05) is 6.54 Å². The lowest BCUT2D eigenvalue weighted by Crippen LogP contribution is -2.20. The molecule has 15 heavy (non-hydrogen) atoms. The van der Waals surface area contributed by atoms with E-state index in [-0.39, 0.29) is 5.82 Å². The SMILES string of the molecule is Cc1cc(F)ccc1CC(C)C(C)CN. The van der Waals surface area contributed by atoms with E-state index < -0.39 is 0 Å². The van der Waals surface area contributed by atoms with Crippen molar-refractivity contribution in [3.63, 3.8) is 0 Å². The van der Waals surface area contributed by atoms with Crippen molar-refractivity contribution in [2.45, 2.75) is 27.2 Å². The molecule has 0 spiro atoms. The fraction of sp³-hybridized carbons (Fsp3) is 0.538. The van der Waals surface area contributed by atoms with Crippen LogP contribution in [0.5, 0.6) is 0 Å². The predicted molar refractivity (Wildman–Crippen MR) is 62.2 cm³/mol. The molecular formula is C13H20FN. The zero-order valence-corrected chi connectivity index (χ0v) is 9.76. The third-order valence-corrected chi connectivity index (χ3v) is 3.19. The van der Waals surface area contributed by atoms with Crippen molar-refractivity contribution in [3.05, 3.63) is 35.1 Å². The fourth-order valence-corrected chi connectivity index (χ4v) is 1.67. The molecule has 1 aromatic rings. The summed E-state index contributed by atoms with van der Waals surface area (Å²) in [5.41, 5.74) is 7.89. The number of hydrogen-bond acceptors (Lipinski definition) is 1. The molecule has 0 saturated heterocycles. The highest BCUT2D eigenvalue weighted by atomic mass is 19.1. The third-order valence-electron chi connectivity index (χ3n) is 3.19. The second kappa shape index (κ2) is 5.26. The van der Waals surface area contributed by atoms with Crippen LogP contribution in [-0.4, -0.2) is 6.54 Å². The molecule has 0 aliphatic carbocycles. The van der Waals surface area contributed by atoms with E-state index >= 15 is 0 Å². The maximum atomic E-state index is 12.9. The van der Waals surface area contributed by atoms with Gasteiger partial charge in [-0.2, -0.15) is 0 Å². The lowest BCUT2D eigenvalue weighted by atomic mass is 9.88. The Labute approximate surface area is 91.5 Å². The molecule has 1 nitrogen and oxygen atoms in total. The summed E-state index contributed by atoms with van der Waals surface area (Å²) in [6.07, 6.45) is 0.977. The summed E-state index contributed by atoms with van der Waals surface area (Å²) in [6, 6.07) is 5.00. The molecule has 0 aliphatic rings. The first-order valence-electron chi connectivity index (χ1n) is 5.49. The van der Waals surface area contributed by atoms with Crippen molar-refractivity contribution in [1.82, 2.24) is 0 Å². The number of rotatable bonds is 4. The van der Waals surface area contributed by atoms with E-state index in [1.807, 2.05) is 13.0 Å². The van der Waals surface area contributed by atoms with Gasteiger partial charge in [-0.15, -0.1) is 0 Å². The van der Waals surface area contributed by atoms with E-state index in [1.165, 1.54) is 11.6 Å². The van der Waals surface area contributed by atoms with Crippen LogP contribution < -0.4 is 5.73 Å². The second-order valence-electron chi connectivity index (χ2n) is 4.47. The maximum Gasteiger partial charge on any atom is 0.123 e. The third kappa shape index (κ3) is 3.31. The van der Waals surface area contributed by atoms with Crippen LogP contribution in [0.25, 0.3) is 0 Å². The van der Waals surface area contributed by atoms with Gasteiger partial charge >= 0.3 is 0 Å². The summed E-state index contributed by atoms with van der Waals surface area (Å²) < 4.78 is 12.9. The van der Waals surface area contributed by atoms with Gasteiger partial charge in [-0.1, -0.05) is 19.9 Å². The van der Waals surface area contributed by atoms with Crippen LogP contribution in [-0.2, 0) is 6.42 Å². The molecule has 0 aromatic heterocycles. The van der Waals surface area contributed by atoms with Gasteiger partial charge in [0.2, 0.25) is 0 Å². The van der Waals surface area contributed by atoms with Crippen molar-refractivity contribution < 1.29 is 4.39 Å². The summed E-state index contributed by atoms with van der Waals surface area (Å²) in [5, 5.41) is 0. The Morgan fingerprint density at radius 1 is 1.27 bits per heavy atom. The molecule has 2 N–H and O–H groups in total. The van der Waals surface area contributed by atoms with E-state index in [1.54, 1.807) is 6.07 Å². The lowest BCUT2D eigenvalue weighted by molar-refractivity contribution is 0.393. The molecule has 0 saturated carbocycles. The van der Waals surface area contributed by atoms with Gasteiger partial charge in [-0.05, 0) is 55.0 Å². The Morgan fingerprint density at radius 2 is 1.93 bits per heavy atom. The number of benzene rings is 1. The van der Waals surface area contributed by atoms with Crippen LogP contribution >= 0.6 is 0 Å². The van der Waals surface area contributed by atoms with Gasteiger partial charge in [0, 0.05) is 0 Å². The fourth-order valence-electron chi connectivity index (χ4n) is 1.67. The van der Waals surface area contributed by atoms with Crippen LogP contribution in [0.3, 0.4) is 0 Å². The molecule has 1 rings (SSSR count). The van der Waals surface area contributed by atoms with Gasteiger partial charge in [0.25, 0.3) is 0 Å². The average molecular weight is 209 g/mol. The minimum Gasteiger partial charge on any atom is -0.330 e. The summed E-state index contributed by atoms with van der Waals surface area (Å²) in [5.74, 6) is 0.893. The van der Waals surface area contributed by atoms with Crippen LogP contribution in [0.4, 0.5) is 4.39 Å². The largest absolute Gasteiger partial charge is 0.330 e. The second-order valence-corrected chi connectivity index (χ2v) is 4.47. The molecule has 0 aliphatic heterocycles. The normalized spacial score (nSPS) is 15.0. The molecule has 2 heteroatoms. The number of hydrogen-bond donors (Lipinski definition) is 1. The monoisotopic (exact) mass is 209 g/mol. The number of nitrogens with two attached hydrogens (primary N) is 1. The Balaban J connectivity index is 2.72. The molecule has 2 atom stereocenters. The standard InChI is InChI=1S/C13H20FN/c1-9(11(3)8-15)6-12-4-5-13(14)7-10(12)2/h4-5,7,9,11H,6,8,15H2,1-3H3. The van der Waals surface area contributed by atoms with Crippen LogP contribution in [0, 0.1) is 24.6 Å². The first-order chi connectivity index (χ1) is 7.04. The van der Waals surface area contributed by atoms with Gasteiger partial charge < -0.3 is 5.73 Å². The molecule has 0 heterocycles. The smallest absolute Gasteiger partial charge is 0.123 e. The predicted octanol–water partition coefficient (Wildman–Crippen LogP) is 2.91. The topological polar surface area (TPSA) is 26.0 Å². The first kappa shape index (κ1) is 12.2. The minimum absolute atomic E-state index is 0.157. The van der Waals surface area contributed by atoms with Gasteiger partial charge in [0.1, 0.15) is 5.82 Å². The summed E-state index contributed by atoms with van der Waals surface area (Å²) >= 11 is 0. The highest BCUT2D eigenvalue weighted by Crippen LogP contribution is 2.19. The zero-order valence-electron chi connectivity index (χ0n) is 9.76. The molecular weight excluding hydrogens is 189 g/mol. The Hall–Kier alpha value is -0.890. The van der Waals surface area contributed by atoms with E-state index in [0.29, 0.717) is 18.4 Å². The quantitative estimate of drug-likeness (QED) is 0.810. The molecule has 2 unspecified atom stereocenters. The molecule has 0 amide bonds. The maximum absolute atomic E-state index is 12.9. The molecule has 0 fully saturated rings. The van der Waals surface area contributed by atoms with E-state index in [0.717, 1.165) is 12.0 Å². The minimum atomic E-state index is -0.157. The molecule has 84 valence electrons. The summed E-state index contributed by atoms with van der Waals surface area (Å²) in [4.78, 5) is 0. The Kier molecular flexibility index (Phi) is 4.28. The summed E-state index contributed by atoms with van der Waals surface area (Å²) in [6.45, 7) is 7.02.